The summed E-state index contributed by atoms with van der Waals surface area (Å²) >= 11 is 0. The summed E-state index contributed by atoms with van der Waals surface area (Å²) < 4.78 is 0. The number of likely N-dealkylation sites (tertiary alicyclic amines) is 1. The summed E-state index contributed by atoms with van der Waals surface area (Å²) in [6, 6.07) is 7.01. The third-order valence-electron chi connectivity index (χ3n) is 5.63. The van der Waals surface area contributed by atoms with E-state index < -0.39 is 31.8 Å². The lowest BCUT2D eigenvalue weighted by atomic mass is 10.0. The molecule has 2 unspecified atom stereocenters. The van der Waals surface area contributed by atoms with Gasteiger partial charge >= 0.3 is 13.7 Å². The number of carbonyl (C=O) groups is 3. The van der Waals surface area contributed by atoms with Crippen LogP contribution in [0.2, 0.25) is 0 Å². The molecule has 3 rings (SSSR count). The lowest BCUT2D eigenvalue weighted by molar-refractivity contribution is -0.149. The van der Waals surface area contributed by atoms with Gasteiger partial charge in [-0.05, 0) is 30.7 Å². The first-order chi connectivity index (χ1) is 17.3. The molecule has 12 heteroatoms. The van der Waals surface area contributed by atoms with E-state index in [1.807, 2.05) is 44.2 Å². The highest BCUT2D eigenvalue weighted by molar-refractivity contribution is 6.13. The maximum Gasteiger partial charge on any atom is 0.432 e. The van der Waals surface area contributed by atoms with Crippen molar-refractivity contribution in [3.05, 3.63) is 54.5 Å². The summed E-state index contributed by atoms with van der Waals surface area (Å²) in [7, 11) is -0.750. The van der Waals surface area contributed by atoms with Gasteiger partial charge in [0.1, 0.15) is 23.9 Å². The van der Waals surface area contributed by atoms with Gasteiger partial charge in [0.2, 0.25) is 11.8 Å². The maximum atomic E-state index is 13.4. The molecule has 0 bridgehead atoms. The zero-order chi connectivity index (χ0) is 26.5. The van der Waals surface area contributed by atoms with Crippen molar-refractivity contribution in [2.75, 3.05) is 11.9 Å². The van der Waals surface area contributed by atoms with Crippen LogP contribution in [0, 0.1) is 5.92 Å². The quantitative estimate of drug-likeness (QED) is 0.290. The number of carboxylic acids is 1. The fourth-order valence-corrected chi connectivity index (χ4v) is 4.06. The van der Waals surface area contributed by atoms with Crippen molar-refractivity contribution in [2.24, 2.45) is 5.92 Å². The molecule has 2 amide bonds. The molecule has 36 heavy (non-hydrogen) atoms. The third-order valence-corrected chi connectivity index (χ3v) is 5.63. The second-order valence-corrected chi connectivity index (χ2v) is 8.84. The van der Waals surface area contributed by atoms with Gasteiger partial charge in [-0.15, -0.1) is 0 Å². The van der Waals surface area contributed by atoms with E-state index in [0.717, 1.165) is 5.56 Å². The highest BCUT2D eigenvalue weighted by Gasteiger charge is 2.38. The van der Waals surface area contributed by atoms with Crippen LogP contribution in [0.4, 0.5) is 5.82 Å². The number of aromatic nitrogens is 2. The van der Waals surface area contributed by atoms with Crippen molar-refractivity contribution in [2.45, 2.75) is 57.7 Å². The molecule has 1 saturated heterocycles. The fraction of sp³-hybridized carbons (Fsp3) is 0.458. The van der Waals surface area contributed by atoms with E-state index in [4.69, 9.17) is 10.0 Å². The first-order valence-electron chi connectivity index (χ1n) is 11.9. The summed E-state index contributed by atoms with van der Waals surface area (Å²) in [4.78, 5) is 48.0. The molecule has 1 aromatic carbocycles. The molecule has 0 saturated carbocycles. The lowest BCUT2D eigenvalue weighted by Crippen LogP contribution is -2.55. The van der Waals surface area contributed by atoms with Crippen LogP contribution in [0.25, 0.3) is 0 Å². The highest BCUT2D eigenvalue weighted by Crippen LogP contribution is 2.20. The molecule has 1 fully saturated rings. The van der Waals surface area contributed by atoms with E-state index in [-0.39, 0.29) is 24.2 Å². The first kappa shape index (κ1) is 28.7. The molecule has 2 aromatic rings. The molecule has 0 spiro atoms. The normalized spacial score (nSPS) is 16.4. The summed E-state index contributed by atoms with van der Waals surface area (Å²) in [5.74, 6) is -1.06. The third kappa shape index (κ3) is 8.93. The van der Waals surface area contributed by atoms with Gasteiger partial charge < -0.3 is 30.7 Å². The van der Waals surface area contributed by atoms with Crippen LogP contribution >= 0.6 is 0 Å². The van der Waals surface area contributed by atoms with Crippen molar-refractivity contribution in [1.82, 2.24) is 20.2 Å². The molecular formula is C24H34BN5O6. The van der Waals surface area contributed by atoms with E-state index in [2.05, 4.69) is 20.6 Å². The van der Waals surface area contributed by atoms with Gasteiger partial charge in [0.05, 0.1) is 6.20 Å². The Balaban J connectivity index is 0.00000145. The zero-order valence-corrected chi connectivity index (χ0v) is 20.6. The van der Waals surface area contributed by atoms with Gasteiger partial charge in [-0.3, -0.25) is 14.6 Å². The molecule has 3 atom stereocenters. The van der Waals surface area contributed by atoms with Crippen LogP contribution in [0.15, 0.2) is 48.9 Å². The van der Waals surface area contributed by atoms with Crippen LogP contribution in [0.1, 0.15) is 38.7 Å². The summed E-state index contributed by atoms with van der Waals surface area (Å²) in [5.41, 5.74) is 0.879. The molecule has 1 aromatic heterocycles. The number of rotatable bonds is 10. The lowest BCUT2D eigenvalue weighted by Gasteiger charge is -2.29. The van der Waals surface area contributed by atoms with Gasteiger partial charge in [-0.25, -0.2) is 9.78 Å². The van der Waals surface area contributed by atoms with Crippen LogP contribution in [0.5, 0.6) is 0 Å². The molecule has 5 N–H and O–H groups in total. The Labute approximate surface area is 211 Å². The first-order valence-corrected chi connectivity index (χ1v) is 11.9. The minimum absolute atomic E-state index is 0.211. The average Bonchev–Trinajstić information content (AvgIpc) is 3.35. The van der Waals surface area contributed by atoms with Crippen molar-refractivity contribution >= 4 is 31.3 Å². The monoisotopic (exact) mass is 499 g/mol. The van der Waals surface area contributed by atoms with Gasteiger partial charge in [-0.2, -0.15) is 0 Å². The van der Waals surface area contributed by atoms with Gasteiger partial charge in [0.15, 0.2) is 0 Å². The SMILES string of the molecule is CC(C)CC(Nc1cnccn1)C(=O)NC(Cc1ccccc1)C(=O)N1CCC[C@H]1C(=O)O.OBO. The van der Waals surface area contributed by atoms with E-state index in [1.165, 1.54) is 17.3 Å². The number of nitrogens with one attached hydrogen (secondary N) is 2. The molecule has 194 valence electrons. The van der Waals surface area contributed by atoms with E-state index >= 15 is 0 Å². The van der Waals surface area contributed by atoms with Gasteiger partial charge in [0, 0.05) is 25.4 Å². The zero-order valence-electron chi connectivity index (χ0n) is 20.6. The Bertz CT molecular complexity index is 966. The fourth-order valence-electron chi connectivity index (χ4n) is 4.06. The Morgan fingerprint density at radius 3 is 2.42 bits per heavy atom. The Morgan fingerprint density at radius 2 is 1.83 bits per heavy atom. The largest absolute Gasteiger partial charge is 0.480 e. The predicted octanol–water partition coefficient (Wildman–Crippen LogP) is 0.344. The maximum absolute atomic E-state index is 13.4. The molecule has 1 aliphatic heterocycles. The number of hydrogen-bond donors (Lipinski definition) is 5. The van der Waals surface area contributed by atoms with Crippen LogP contribution < -0.4 is 10.6 Å². The van der Waals surface area contributed by atoms with Gasteiger partial charge in [-0.1, -0.05) is 44.2 Å². The number of hydrogen-bond acceptors (Lipinski definition) is 8. The van der Waals surface area contributed by atoms with Crippen molar-refractivity contribution in [1.29, 1.82) is 0 Å². The highest BCUT2D eigenvalue weighted by atomic mass is 16.4. The summed E-state index contributed by atoms with van der Waals surface area (Å²) in [6.07, 6.45) is 6.45. The molecule has 1 aliphatic rings. The summed E-state index contributed by atoms with van der Waals surface area (Å²) in [5, 5.41) is 29.8. The Hall–Kier alpha value is -3.51. The second-order valence-electron chi connectivity index (χ2n) is 8.84. The van der Waals surface area contributed by atoms with Crippen LogP contribution in [-0.2, 0) is 20.8 Å². The number of carbonyl (C=O) groups excluding carboxylic acids is 2. The minimum Gasteiger partial charge on any atom is -0.480 e. The van der Waals surface area contributed by atoms with Gasteiger partial charge in [0.25, 0.3) is 0 Å². The number of benzene rings is 1. The molecular weight excluding hydrogens is 465 g/mol. The number of carboxylic acid groups (broad SMARTS) is 1. The van der Waals surface area contributed by atoms with Crippen LogP contribution in [-0.4, -0.2) is 80.2 Å². The number of nitrogens with zero attached hydrogens (tertiary/aromatic N) is 3. The predicted molar refractivity (Wildman–Crippen MR) is 135 cm³/mol. The number of amides is 2. The summed E-state index contributed by atoms with van der Waals surface area (Å²) in [6.45, 7) is 4.38. The van der Waals surface area contributed by atoms with E-state index in [0.29, 0.717) is 31.6 Å². The van der Waals surface area contributed by atoms with Crippen molar-refractivity contribution in [3.8, 4) is 0 Å². The molecule has 0 aliphatic carbocycles. The topological polar surface area (TPSA) is 165 Å². The second kappa shape index (κ2) is 14.8. The van der Waals surface area contributed by atoms with Crippen molar-refractivity contribution < 1.29 is 29.5 Å². The van der Waals surface area contributed by atoms with Crippen LogP contribution in [0.3, 0.4) is 0 Å². The van der Waals surface area contributed by atoms with Crippen molar-refractivity contribution in [3.63, 3.8) is 0 Å². The Kier molecular flexibility index (Phi) is 11.8. The molecule has 11 nitrogen and oxygen atoms in total. The standard InChI is InChI=1S/C24H31N5O4.BH3O2/c1-16(2)13-18(27-21-15-25-10-11-26-21)22(30)28-19(14-17-7-4-3-5-8-17)23(31)29-12-6-9-20(29)24(32)33;2-1-3/h3-5,7-8,10-11,15-16,18-20H,6,9,12-14H2,1-2H3,(H,26,27)(H,28,30)(H,32,33);1-3H/t18?,19?,20-;/m0./s1. The minimum atomic E-state index is -1.02. The Morgan fingerprint density at radius 1 is 1.14 bits per heavy atom. The van der Waals surface area contributed by atoms with E-state index in [1.54, 1.807) is 6.20 Å². The van der Waals surface area contributed by atoms with E-state index in [9.17, 15) is 19.5 Å². The molecule has 2 heterocycles. The smallest absolute Gasteiger partial charge is 0.432 e. The number of anilines is 1. The average molecular weight is 499 g/mol. The molecule has 0 radical (unpaired) electrons. The number of aliphatic carboxylic acids is 1.